The SMILES string of the molecule is CC(=O)C(C)(C#N)CCOC(C)(C)C. The molecule has 0 fully saturated rings. The van der Waals surface area contributed by atoms with Crippen LogP contribution in [0.1, 0.15) is 41.0 Å². The highest BCUT2D eigenvalue weighted by Gasteiger charge is 2.29. The Hall–Kier alpha value is -0.880. The second-order valence-corrected chi connectivity index (χ2v) is 4.71. The van der Waals surface area contributed by atoms with Crippen molar-refractivity contribution in [2.75, 3.05) is 6.61 Å². The minimum absolute atomic E-state index is 0.0995. The van der Waals surface area contributed by atoms with E-state index in [9.17, 15) is 4.79 Å². The Labute approximate surface area is 86.1 Å². The van der Waals surface area contributed by atoms with Gasteiger partial charge in [0.1, 0.15) is 11.2 Å². The molecule has 0 aromatic carbocycles. The molecule has 1 atom stereocenters. The molecule has 0 aromatic rings. The van der Waals surface area contributed by atoms with Crippen LogP contribution in [0.25, 0.3) is 0 Å². The van der Waals surface area contributed by atoms with E-state index in [2.05, 4.69) is 0 Å². The van der Waals surface area contributed by atoms with E-state index in [0.717, 1.165) is 0 Å². The molecule has 0 bridgehead atoms. The highest BCUT2D eigenvalue weighted by Crippen LogP contribution is 2.22. The Bertz CT molecular complexity index is 247. The predicted octanol–water partition coefficient (Wildman–Crippen LogP) is 2.31. The topological polar surface area (TPSA) is 50.1 Å². The molecule has 3 heteroatoms. The molecule has 0 aromatic heterocycles. The van der Waals surface area contributed by atoms with E-state index < -0.39 is 5.41 Å². The molecule has 3 nitrogen and oxygen atoms in total. The first-order valence-electron chi connectivity index (χ1n) is 4.77. The Balaban J connectivity index is 4.13. The van der Waals surface area contributed by atoms with E-state index in [1.807, 2.05) is 26.8 Å². The van der Waals surface area contributed by atoms with Gasteiger partial charge in [0, 0.05) is 6.61 Å². The van der Waals surface area contributed by atoms with Gasteiger partial charge in [-0.3, -0.25) is 4.79 Å². The number of hydrogen-bond acceptors (Lipinski definition) is 3. The molecule has 0 spiro atoms. The third kappa shape index (κ3) is 4.38. The van der Waals surface area contributed by atoms with Crippen LogP contribution in [0, 0.1) is 16.7 Å². The molecular formula is C11H19NO2. The Morgan fingerprint density at radius 3 is 2.14 bits per heavy atom. The maximum Gasteiger partial charge on any atom is 0.149 e. The van der Waals surface area contributed by atoms with Crippen molar-refractivity contribution in [2.24, 2.45) is 5.41 Å². The summed E-state index contributed by atoms with van der Waals surface area (Å²) in [4.78, 5) is 11.2. The van der Waals surface area contributed by atoms with Gasteiger partial charge in [-0.2, -0.15) is 5.26 Å². The smallest absolute Gasteiger partial charge is 0.149 e. The number of ether oxygens (including phenoxy) is 1. The number of Topliss-reactive ketones (excluding diaryl/α,β-unsaturated/α-hetero) is 1. The summed E-state index contributed by atoms with van der Waals surface area (Å²) in [5.41, 5.74) is -1.11. The van der Waals surface area contributed by atoms with Gasteiger partial charge < -0.3 is 4.74 Å². The number of rotatable bonds is 4. The van der Waals surface area contributed by atoms with Crippen LogP contribution in [0.2, 0.25) is 0 Å². The van der Waals surface area contributed by atoms with E-state index in [4.69, 9.17) is 10.00 Å². The molecule has 1 unspecified atom stereocenters. The van der Waals surface area contributed by atoms with E-state index in [1.54, 1.807) is 6.92 Å². The highest BCUT2D eigenvalue weighted by atomic mass is 16.5. The molecule has 80 valence electrons. The standard InChI is InChI=1S/C11H19NO2/c1-9(13)11(5,8-12)6-7-14-10(2,3)4/h6-7H2,1-5H3. The first kappa shape index (κ1) is 13.1. The number of ketones is 1. The van der Waals surface area contributed by atoms with Crippen LogP contribution in [0.5, 0.6) is 0 Å². The normalized spacial score (nSPS) is 15.7. The fourth-order valence-electron chi connectivity index (χ4n) is 0.872. The lowest BCUT2D eigenvalue weighted by Crippen LogP contribution is -2.28. The Morgan fingerprint density at radius 1 is 1.36 bits per heavy atom. The number of nitrogens with zero attached hydrogens (tertiary/aromatic N) is 1. The average molecular weight is 197 g/mol. The van der Waals surface area contributed by atoms with Gasteiger partial charge in [0.15, 0.2) is 0 Å². The fourth-order valence-corrected chi connectivity index (χ4v) is 0.872. The molecule has 0 rings (SSSR count). The zero-order chi connectivity index (χ0) is 11.4. The molecular weight excluding hydrogens is 178 g/mol. The number of carbonyl (C=O) groups is 1. The summed E-state index contributed by atoms with van der Waals surface area (Å²) in [5.74, 6) is -0.0995. The minimum Gasteiger partial charge on any atom is -0.376 e. The first-order chi connectivity index (χ1) is 6.21. The van der Waals surface area contributed by atoms with Gasteiger partial charge in [-0.05, 0) is 41.0 Å². The molecule has 0 aliphatic heterocycles. The molecule has 0 heterocycles. The van der Waals surface area contributed by atoms with Crippen LogP contribution >= 0.6 is 0 Å². The van der Waals surface area contributed by atoms with E-state index in [0.29, 0.717) is 13.0 Å². The van der Waals surface area contributed by atoms with Crippen molar-refractivity contribution in [3.05, 3.63) is 0 Å². The van der Waals surface area contributed by atoms with Crippen molar-refractivity contribution in [1.29, 1.82) is 5.26 Å². The number of carbonyl (C=O) groups excluding carboxylic acids is 1. The lowest BCUT2D eigenvalue weighted by Gasteiger charge is -2.23. The molecule has 14 heavy (non-hydrogen) atoms. The summed E-state index contributed by atoms with van der Waals surface area (Å²) >= 11 is 0. The van der Waals surface area contributed by atoms with Gasteiger partial charge in [0.25, 0.3) is 0 Å². The highest BCUT2D eigenvalue weighted by molar-refractivity contribution is 5.84. The summed E-state index contributed by atoms with van der Waals surface area (Å²) in [7, 11) is 0. The molecule has 0 N–H and O–H groups in total. The van der Waals surface area contributed by atoms with Crippen molar-refractivity contribution >= 4 is 5.78 Å². The third-order valence-corrected chi connectivity index (χ3v) is 2.16. The molecule has 0 saturated carbocycles. The average Bonchev–Trinajstić information content (AvgIpc) is 2.01. The van der Waals surface area contributed by atoms with Gasteiger partial charge in [0.2, 0.25) is 0 Å². The number of hydrogen-bond donors (Lipinski definition) is 0. The van der Waals surface area contributed by atoms with E-state index >= 15 is 0 Å². The van der Waals surface area contributed by atoms with Crippen LogP contribution in [-0.2, 0) is 9.53 Å². The molecule has 0 aliphatic rings. The van der Waals surface area contributed by atoms with E-state index in [-0.39, 0.29) is 11.4 Å². The number of nitriles is 1. The summed E-state index contributed by atoms with van der Waals surface area (Å²) in [5, 5.41) is 8.86. The van der Waals surface area contributed by atoms with Crippen molar-refractivity contribution in [3.63, 3.8) is 0 Å². The summed E-state index contributed by atoms with van der Waals surface area (Å²) in [6, 6.07) is 2.03. The second kappa shape index (κ2) is 4.56. The fraction of sp³-hybridized carbons (Fsp3) is 0.818. The zero-order valence-electron chi connectivity index (χ0n) is 9.68. The zero-order valence-corrected chi connectivity index (χ0v) is 9.68. The molecule has 0 aliphatic carbocycles. The van der Waals surface area contributed by atoms with Gasteiger partial charge in [-0.25, -0.2) is 0 Å². The van der Waals surface area contributed by atoms with Crippen LogP contribution in [0.4, 0.5) is 0 Å². The van der Waals surface area contributed by atoms with Crippen molar-refractivity contribution in [2.45, 2.75) is 46.6 Å². The van der Waals surface area contributed by atoms with Crippen molar-refractivity contribution in [1.82, 2.24) is 0 Å². The van der Waals surface area contributed by atoms with Crippen LogP contribution in [0.15, 0.2) is 0 Å². The van der Waals surface area contributed by atoms with Crippen molar-refractivity contribution < 1.29 is 9.53 Å². The summed E-state index contributed by atoms with van der Waals surface area (Å²) < 4.78 is 5.47. The van der Waals surface area contributed by atoms with Gasteiger partial charge in [-0.15, -0.1) is 0 Å². The monoisotopic (exact) mass is 197 g/mol. The lowest BCUT2D eigenvalue weighted by molar-refractivity contribution is -0.124. The largest absolute Gasteiger partial charge is 0.376 e. The molecule has 0 saturated heterocycles. The van der Waals surface area contributed by atoms with Gasteiger partial charge in [-0.1, -0.05) is 0 Å². The van der Waals surface area contributed by atoms with Gasteiger partial charge in [0.05, 0.1) is 11.7 Å². The lowest BCUT2D eigenvalue weighted by atomic mass is 9.85. The van der Waals surface area contributed by atoms with Crippen LogP contribution in [0.3, 0.4) is 0 Å². The Kier molecular flexibility index (Phi) is 4.28. The second-order valence-electron chi connectivity index (χ2n) is 4.71. The quantitative estimate of drug-likeness (QED) is 0.695. The minimum atomic E-state index is -0.898. The Morgan fingerprint density at radius 2 is 1.86 bits per heavy atom. The molecule has 0 radical (unpaired) electrons. The maximum atomic E-state index is 11.2. The van der Waals surface area contributed by atoms with Crippen molar-refractivity contribution in [3.8, 4) is 6.07 Å². The summed E-state index contributed by atoms with van der Waals surface area (Å²) in [6.45, 7) is 9.38. The van der Waals surface area contributed by atoms with Crippen LogP contribution < -0.4 is 0 Å². The third-order valence-electron chi connectivity index (χ3n) is 2.16. The van der Waals surface area contributed by atoms with Gasteiger partial charge >= 0.3 is 0 Å². The first-order valence-corrected chi connectivity index (χ1v) is 4.77. The summed E-state index contributed by atoms with van der Waals surface area (Å²) in [6.07, 6.45) is 0.454. The van der Waals surface area contributed by atoms with Crippen LogP contribution in [-0.4, -0.2) is 18.0 Å². The van der Waals surface area contributed by atoms with E-state index in [1.165, 1.54) is 6.92 Å². The molecule has 0 amide bonds. The maximum absolute atomic E-state index is 11.2. The predicted molar refractivity (Wildman–Crippen MR) is 54.7 cm³/mol.